The Hall–Kier alpha value is -1.26. The molecule has 0 heterocycles. The van der Waals surface area contributed by atoms with Gasteiger partial charge < -0.3 is 15.2 Å². The Kier molecular flexibility index (Phi) is 3.78. The van der Waals surface area contributed by atoms with Crippen LogP contribution >= 0.6 is 11.6 Å². The molecule has 4 nitrogen and oxygen atoms in total. The molecule has 5 heteroatoms. The number of halogens is 1. The molecule has 1 amide bonds. The van der Waals surface area contributed by atoms with Gasteiger partial charge in [0.25, 0.3) is 0 Å². The van der Waals surface area contributed by atoms with Gasteiger partial charge in [0.1, 0.15) is 11.6 Å². The molecule has 1 aliphatic rings. The van der Waals surface area contributed by atoms with Crippen LogP contribution in [0, 0.1) is 0 Å². The second-order valence-electron chi connectivity index (χ2n) is 4.38. The molecule has 18 heavy (non-hydrogen) atoms. The number of rotatable bonds is 3. The molecule has 2 N–H and O–H groups in total. The number of aliphatic hydroxyl groups is 1. The summed E-state index contributed by atoms with van der Waals surface area (Å²) in [6.07, 6.45) is 2.10. The Morgan fingerprint density at radius 2 is 2.39 bits per heavy atom. The van der Waals surface area contributed by atoms with Gasteiger partial charge in [-0.05, 0) is 25.3 Å². The van der Waals surface area contributed by atoms with Crippen molar-refractivity contribution in [3.63, 3.8) is 0 Å². The fourth-order valence-corrected chi connectivity index (χ4v) is 2.52. The van der Waals surface area contributed by atoms with E-state index in [0.29, 0.717) is 12.0 Å². The molecule has 2 rings (SSSR count). The maximum absolute atomic E-state index is 11.4. The predicted octanol–water partition coefficient (Wildman–Crippen LogP) is 1.53. The topological polar surface area (TPSA) is 58.6 Å². The number of carbonyl (C=O) groups is 1. The lowest BCUT2D eigenvalue weighted by Gasteiger charge is -2.35. The SMILES string of the molecule is COc1cccc2c1CCCC2(O)NC(=O)CCl. The lowest BCUT2D eigenvalue weighted by atomic mass is 9.84. The molecule has 0 saturated carbocycles. The van der Waals surface area contributed by atoms with Crippen LogP contribution < -0.4 is 10.1 Å². The smallest absolute Gasteiger partial charge is 0.237 e. The standard InChI is InChI=1S/C13H16ClNO3/c1-18-11-6-2-5-10-9(11)4-3-7-13(10,17)15-12(16)8-14/h2,5-6,17H,3-4,7-8H2,1H3,(H,15,16). The van der Waals surface area contributed by atoms with Gasteiger partial charge in [-0.2, -0.15) is 0 Å². The Morgan fingerprint density at radius 3 is 3.06 bits per heavy atom. The minimum atomic E-state index is -1.34. The van der Waals surface area contributed by atoms with Crippen molar-refractivity contribution < 1.29 is 14.6 Å². The molecule has 98 valence electrons. The van der Waals surface area contributed by atoms with Crippen LogP contribution in [-0.2, 0) is 16.9 Å². The third kappa shape index (κ3) is 2.31. The first-order valence-electron chi connectivity index (χ1n) is 5.86. The van der Waals surface area contributed by atoms with Crippen LogP contribution in [0.25, 0.3) is 0 Å². The Bertz CT molecular complexity index is 464. The largest absolute Gasteiger partial charge is 0.496 e. The number of carbonyl (C=O) groups excluding carboxylic acids is 1. The van der Waals surface area contributed by atoms with E-state index >= 15 is 0 Å². The third-order valence-electron chi connectivity index (χ3n) is 3.23. The number of ether oxygens (including phenoxy) is 1. The van der Waals surface area contributed by atoms with Crippen LogP contribution in [0.5, 0.6) is 5.75 Å². The van der Waals surface area contributed by atoms with Gasteiger partial charge in [-0.1, -0.05) is 12.1 Å². The molecule has 0 fully saturated rings. The molecule has 0 radical (unpaired) electrons. The summed E-state index contributed by atoms with van der Waals surface area (Å²) in [7, 11) is 1.60. The van der Waals surface area contributed by atoms with E-state index in [0.717, 1.165) is 24.2 Å². The van der Waals surface area contributed by atoms with Crippen LogP contribution in [-0.4, -0.2) is 24.0 Å². The highest BCUT2D eigenvalue weighted by Gasteiger charge is 2.36. The zero-order valence-electron chi connectivity index (χ0n) is 10.2. The van der Waals surface area contributed by atoms with E-state index in [-0.39, 0.29) is 11.8 Å². The number of nitrogens with one attached hydrogen (secondary N) is 1. The molecule has 1 aliphatic carbocycles. The van der Waals surface area contributed by atoms with Gasteiger partial charge in [0.2, 0.25) is 5.91 Å². The summed E-state index contributed by atoms with van der Waals surface area (Å²) in [6.45, 7) is 0. The Labute approximate surface area is 111 Å². The lowest BCUT2D eigenvalue weighted by Crippen LogP contribution is -2.48. The lowest BCUT2D eigenvalue weighted by molar-refractivity contribution is -0.128. The summed E-state index contributed by atoms with van der Waals surface area (Å²) in [5.74, 6) is 0.197. The molecule has 0 saturated heterocycles. The number of hydrogen-bond donors (Lipinski definition) is 2. The molecule has 1 aromatic carbocycles. The van der Waals surface area contributed by atoms with Crippen molar-refractivity contribution in [1.29, 1.82) is 0 Å². The van der Waals surface area contributed by atoms with Crippen molar-refractivity contribution >= 4 is 17.5 Å². The maximum atomic E-state index is 11.4. The van der Waals surface area contributed by atoms with Gasteiger partial charge in [0, 0.05) is 11.1 Å². The molecule has 0 bridgehead atoms. The average Bonchev–Trinajstić information content (AvgIpc) is 2.38. The van der Waals surface area contributed by atoms with E-state index in [1.165, 1.54) is 0 Å². The number of fused-ring (bicyclic) bond motifs is 1. The van der Waals surface area contributed by atoms with Crippen LogP contribution in [0.1, 0.15) is 24.0 Å². The van der Waals surface area contributed by atoms with Gasteiger partial charge >= 0.3 is 0 Å². The highest BCUT2D eigenvalue weighted by molar-refractivity contribution is 6.27. The van der Waals surface area contributed by atoms with Crippen molar-refractivity contribution in [2.75, 3.05) is 13.0 Å². The van der Waals surface area contributed by atoms with Gasteiger partial charge in [-0.25, -0.2) is 0 Å². The highest BCUT2D eigenvalue weighted by atomic mass is 35.5. The molecular formula is C13H16ClNO3. The van der Waals surface area contributed by atoms with E-state index < -0.39 is 5.72 Å². The van der Waals surface area contributed by atoms with Crippen LogP contribution in [0.2, 0.25) is 0 Å². The van der Waals surface area contributed by atoms with E-state index in [9.17, 15) is 9.90 Å². The normalized spacial score (nSPS) is 22.2. The van der Waals surface area contributed by atoms with Gasteiger partial charge in [-0.3, -0.25) is 4.79 Å². The summed E-state index contributed by atoms with van der Waals surface area (Å²) in [5.41, 5.74) is 0.309. The van der Waals surface area contributed by atoms with Crippen molar-refractivity contribution in [3.05, 3.63) is 29.3 Å². The summed E-state index contributed by atoms with van der Waals surface area (Å²) in [4.78, 5) is 11.4. The van der Waals surface area contributed by atoms with Crippen molar-refractivity contribution in [2.24, 2.45) is 0 Å². The molecule has 1 unspecified atom stereocenters. The highest BCUT2D eigenvalue weighted by Crippen LogP contribution is 2.37. The number of hydrogen-bond acceptors (Lipinski definition) is 3. The van der Waals surface area contributed by atoms with Crippen molar-refractivity contribution in [2.45, 2.75) is 25.0 Å². The number of methoxy groups -OCH3 is 1. The Balaban J connectivity index is 2.41. The summed E-state index contributed by atoms with van der Waals surface area (Å²) in [5, 5.41) is 13.2. The van der Waals surface area contributed by atoms with Gasteiger partial charge in [-0.15, -0.1) is 11.6 Å². The summed E-state index contributed by atoms with van der Waals surface area (Å²) in [6, 6.07) is 5.47. The molecule has 0 spiro atoms. The molecule has 0 aliphatic heterocycles. The van der Waals surface area contributed by atoms with Crippen LogP contribution in [0.15, 0.2) is 18.2 Å². The van der Waals surface area contributed by atoms with E-state index in [4.69, 9.17) is 16.3 Å². The molecule has 1 atom stereocenters. The van der Waals surface area contributed by atoms with Gasteiger partial charge in [0.15, 0.2) is 5.72 Å². The predicted molar refractivity (Wildman–Crippen MR) is 68.7 cm³/mol. The second-order valence-corrected chi connectivity index (χ2v) is 4.65. The first-order valence-corrected chi connectivity index (χ1v) is 6.40. The zero-order chi connectivity index (χ0) is 13.2. The minimum absolute atomic E-state index is 0.165. The zero-order valence-corrected chi connectivity index (χ0v) is 11.0. The van der Waals surface area contributed by atoms with Crippen LogP contribution in [0.3, 0.4) is 0 Å². The summed E-state index contributed by atoms with van der Waals surface area (Å²) >= 11 is 5.47. The third-order valence-corrected chi connectivity index (χ3v) is 3.47. The fourth-order valence-electron chi connectivity index (χ4n) is 2.45. The van der Waals surface area contributed by atoms with E-state index in [2.05, 4.69) is 5.32 Å². The van der Waals surface area contributed by atoms with Crippen molar-refractivity contribution in [1.82, 2.24) is 5.32 Å². The Morgan fingerprint density at radius 1 is 1.61 bits per heavy atom. The van der Waals surface area contributed by atoms with E-state index in [1.54, 1.807) is 13.2 Å². The number of alkyl halides is 1. The monoisotopic (exact) mass is 269 g/mol. The summed E-state index contributed by atoms with van der Waals surface area (Å²) < 4.78 is 5.29. The van der Waals surface area contributed by atoms with Gasteiger partial charge in [0.05, 0.1) is 7.11 Å². The molecule has 0 aromatic heterocycles. The molecular weight excluding hydrogens is 254 g/mol. The quantitative estimate of drug-likeness (QED) is 0.646. The van der Waals surface area contributed by atoms with Crippen LogP contribution in [0.4, 0.5) is 0 Å². The molecule has 1 aromatic rings. The first-order chi connectivity index (χ1) is 8.60. The van der Waals surface area contributed by atoms with E-state index in [1.807, 2.05) is 12.1 Å². The first kappa shape index (κ1) is 13.2. The maximum Gasteiger partial charge on any atom is 0.237 e. The number of amides is 1. The fraction of sp³-hybridized carbons (Fsp3) is 0.462. The average molecular weight is 270 g/mol. The minimum Gasteiger partial charge on any atom is -0.496 e. The van der Waals surface area contributed by atoms with Crippen molar-refractivity contribution in [3.8, 4) is 5.75 Å². The second kappa shape index (κ2) is 5.16. The number of benzene rings is 1.